The van der Waals surface area contributed by atoms with Crippen LogP contribution in [0.2, 0.25) is 0 Å². The van der Waals surface area contributed by atoms with Gasteiger partial charge in [0.25, 0.3) is 0 Å². The number of ether oxygens (including phenoxy) is 2. The summed E-state index contributed by atoms with van der Waals surface area (Å²) in [6.07, 6.45) is 5.01. The molecule has 0 N–H and O–H groups in total. The zero-order chi connectivity index (χ0) is 22.1. The van der Waals surface area contributed by atoms with Crippen molar-refractivity contribution in [1.29, 1.82) is 0 Å². The molecule has 2 atom stereocenters. The maximum Gasteiger partial charge on any atom is 0.353 e. The summed E-state index contributed by atoms with van der Waals surface area (Å²) in [5, 5.41) is 0. The van der Waals surface area contributed by atoms with Crippen LogP contribution in [-0.2, 0) is 35.8 Å². The van der Waals surface area contributed by atoms with Gasteiger partial charge in [-0.3, -0.25) is 9.47 Å². The number of aromatic nitrogens is 3. The van der Waals surface area contributed by atoms with E-state index in [0.29, 0.717) is 49.8 Å². The fraction of sp³-hybridized carbons (Fsp3) is 0.609. The summed E-state index contributed by atoms with van der Waals surface area (Å²) < 4.78 is 28.0. The smallest absolute Gasteiger partial charge is 0.353 e. The fourth-order valence-corrected chi connectivity index (χ4v) is 5.37. The lowest BCUT2D eigenvalue weighted by molar-refractivity contribution is -0.0293. The summed E-state index contributed by atoms with van der Waals surface area (Å²) in [4.78, 5) is 31.5. The van der Waals surface area contributed by atoms with Gasteiger partial charge in [0, 0.05) is 30.7 Å². The zero-order valence-electron chi connectivity index (χ0n) is 18.1. The number of fused-ring (bicyclic) bond motifs is 3. The number of hydrogen-bond acceptors (Lipinski definition) is 6. The fourth-order valence-electron chi connectivity index (χ4n) is 5.37. The Bertz CT molecular complexity index is 1070. The van der Waals surface area contributed by atoms with Crippen LogP contribution in [0, 0.1) is 5.82 Å². The van der Waals surface area contributed by atoms with Crippen LogP contribution in [0.3, 0.4) is 0 Å². The normalized spacial score (nSPS) is 25.1. The van der Waals surface area contributed by atoms with Gasteiger partial charge in [-0.05, 0) is 38.2 Å². The first-order valence-electron chi connectivity index (χ1n) is 11.5. The van der Waals surface area contributed by atoms with Gasteiger partial charge in [-0.2, -0.15) is 4.98 Å². The highest BCUT2D eigenvalue weighted by Crippen LogP contribution is 2.37. The molecule has 2 saturated heterocycles. The van der Waals surface area contributed by atoms with Gasteiger partial charge in [0.1, 0.15) is 18.2 Å². The second-order valence-corrected chi connectivity index (χ2v) is 8.92. The highest BCUT2D eigenvalue weighted by atomic mass is 19.1. The van der Waals surface area contributed by atoms with Gasteiger partial charge in [-0.1, -0.05) is 18.2 Å². The number of hydrogen-bond donors (Lipinski definition) is 0. The quantitative estimate of drug-likeness (QED) is 0.647. The predicted octanol–water partition coefficient (Wildman–Crippen LogP) is 1.68. The average molecular weight is 445 g/mol. The van der Waals surface area contributed by atoms with Crippen LogP contribution in [0.15, 0.2) is 33.9 Å². The van der Waals surface area contributed by atoms with Crippen LogP contribution in [-0.4, -0.2) is 50.4 Å². The number of benzene rings is 1. The molecule has 0 amide bonds. The molecule has 1 aromatic carbocycles. The Labute approximate surface area is 185 Å². The van der Waals surface area contributed by atoms with Crippen molar-refractivity contribution in [2.24, 2.45) is 0 Å². The van der Waals surface area contributed by atoms with Gasteiger partial charge >= 0.3 is 11.4 Å². The zero-order valence-corrected chi connectivity index (χ0v) is 18.1. The van der Waals surface area contributed by atoms with Gasteiger partial charge in [-0.25, -0.2) is 18.5 Å². The molecule has 3 aliphatic rings. The molecule has 1 aromatic heterocycles. The van der Waals surface area contributed by atoms with Crippen LogP contribution in [0.4, 0.5) is 4.39 Å². The Kier molecular flexibility index (Phi) is 6.21. The number of halogens is 1. The van der Waals surface area contributed by atoms with Gasteiger partial charge in [-0.15, -0.1) is 0 Å². The van der Waals surface area contributed by atoms with Crippen molar-refractivity contribution in [1.82, 2.24) is 19.0 Å². The van der Waals surface area contributed by atoms with E-state index >= 15 is 0 Å². The van der Waals surface area contributed by atoms with E-state index in [2.05, 4.69) is 9.88 Å². The van der Waals surface area contributed by atoms with E-state index in [0.717, 1.165) is 38.6 Å². The summed E-state index contributed by atoms with van der Waals surface area (Å²) in [6, 6.07) is 7.64. The van der Waals surface area contributed by atoms with E-state index in [1.165, 1.54) is 10.6 Å². The SMILES string of the molecule is O=c1nc2n(c(=O)n1CCCN1C3CCC1CC(OCc1ccccc1F)C3)CCOC2. The summed E-state index contributed by atoms with van der Waals surface area (Å²) in [6.45, 7) is 2.62. The predicted molar refractivity (Wildman–Crippen MR) is 115 cm³/mol. The molecule has 0 aliphatic carbocycles. The van der Waals surface area contributed by atoms with Crippen molar-refractivity contribution >= 4 is 0 Å². The number of piperidine rings is 1. The topological polar surface area (TPSA) is 78.6 Å². The molecular formula is C23H29FN4O4. The molecule has 0 radical (unpaired) electrons. The minimum Gasteiger partial charge on any atom is -0.373 e. The van der Waals surface area contributed by atoms with E-state index in [4.69, 9.17) is 9.47 Å². The van der Waals surface area contributed by atoms with Gasteiger partial charge in [0.05, 0.1) is 25.9 Å². The van der Waals surface area contributed by atoms with Crippen molar-refractivity contribution in [2.45, 2.75) is 76.6 Å². The Morgan fingerprint density at radius 3 is 2.69 bits per heavy atom. The second-order valence-electron chi connectivity index (χ2n) is 8.92. The van der Waals surface area contributed by atoms with Crippen LogP contribution >= 0.6 is 0 Å². The molecule has 2 bridgehead atoms. The Morgan fingerprint density at radius 2 is 1.91 bits per heavy atom. The lowest BCUT2D eigenvalue weighted by Gasteiger charge is -2.39. The van der Waals surface area contributed by atoms with Crippen molar-refractivity contribution in [2.75, 3.05) is 13.2 Å². The highest BCUT2D eigenvalue weighted by Gasteiger charge is 2.40. The molecule has 9 heteroatoms. The standard InChI is InChI=1S/C23H29FN4O4/c24-20-5-2-1-4-16(20)14-32-19-12-17-6-7-18(13-19)26(17)8-3-9-28-22(29)25-21-15-31-11-10-27(21)23(28)30/h1-2,4-5,17-19H,3,6-15H2. The summed E-state index contributed by atoms with van der Waals surface area (Å²) in [5.41, 5.74) is -0.175. The van der Waals surface area contributed by atoms with Crippen molar-refractivity contribution < 1.29 is 13.9 Å². The lowest BCUT2D eigenvalue weighted by atomic mass is 9.99. The first-order chi connectivity index (χ1) is 15.6. The van der Waals surface area contributed by atoms with Crippen LogP contribution < -0.4 is 11.4 Å². The summed E-state index contributed by atoms with van der Waals surface area (Å²) in [5.74, 6) is 0.196. The van der Waals surface area contributed by atoms with Crippen LogP contribution in [0.5, 0.6) is 0 Å². The first kappa shape index (κ1) is 21.5. The van der Waals surface area contributed by atoms with E-state index in [1.54, 1.807) is 16.7 Å². The molecule has 5 rings (SSSR count). The Morgan fingerprint density at radius 1 is 1.12 bits per heavy atom. The third-order valence-corrected chi connectivity index (χ3v) is 6.99. The molecule has 4 heterocycles. The average Bonchev–Trinajstić information content (AvgIpc) is 3.03. The molecule has 3 aliphatic heterocycles. The second kappa shape index (κ2) is 9.25. The maximum absolute atomic E-state index is 13.9. The molecule has 172 valence electrons. The Hall–Kier alpha value is -2.36. The molecule has 0 saturated carbocycles. The van der Waals surface area contributed by atoms with Gasteiger partial charge in [0.2, 0.25) is 0 Å². The third-order valence-electron chi connectivity index (χ3n) is 6.99. The summed E-state index contributed by atoms with van der Waals surface area (Å²) >= 11 is 0. The molecular weight excluding hydrogens is 415 g/mol. The van der Waals surface area contributed by atoms with E-state index in [1.807, 2.05) is 6.07 Å². The van der Waals surface area contributed by atoms with Crippen molar-refractivity contribution in [3.8, 4) is 0 Å². The van der Waals surface area contributed by atoms with Crippen molar-refractivity contribution in [3.63, 3.8) is 0 Å². The van der Waals surface area contributed by atoms with Gasteiger partial charge < -0.3 is 9.47 Å². The van der Waals surface area contributed by atoms with E-state index < -0.39 is 5.69 Å². The molecule has 32 heavy (non-hydrogen) atoms. The Balaban J connectivity index is 1.16. The van der Waals surface area contributed by atoms with Crippen molar-refractivity contribution in [3.05, 3.63) is 62.4 Å². The third kappa shape index (κ3) is 4.29. The minimum atomic E-state index is -0.491. The highest BCUT2D eigenvalue weighted by molar-refractivity contribution is 5.16. The van der Waals surface area contributed by atoms with Gasteiger partial charge in [0.15, 0.2) is 0 Å². The minimum absolute atomic E-state index is 0.141. The maximum atomic E-state index is 13.9. The van der Waals surface area contributed by atoms with Crippen LogP contribution in [0.25, 0.3) is 0 Å². The molecule has 2 fully saturated rings. The monoisotopic (exact) mass is 444 g/mol. The largest absolute Gasteiger partial charge is 0.373 e. The first-order valence-corrected chi connectivity index (χ1v) is 11.5. The molecule has 8 nitrogen and oxygen atoms in total. The molecule has 2 unspecified atom stereocenters. The van der Waals surface area contributed by atoms with E-state index in [9.17, 15) is 14.0 Å². The molecule has 0 spiro atoms. The number of nitrogens with zero attached hydrogens (tertiary/aromatic N) is 4. The lowest BCUT2D eigenvalue weighted by Crippen LogP contribution is -2.47. The summed E-state index contributed by atoms with van der Waals surface area (Å²) in [7, 11) is 0. The van der Waals surface area contributed by atoms with Crippen LogP contribution in [0.1, 0.15) is 43.5 Å². The number of rotatable bonds is 7. The van der Waals surface area contributed by atoms with E-state index in [-0.39, 0.29) is 24.2 Å². The molecule has 2 aromatic rings.